The molecule has 81 heavy (non-hydrogen) atoms. The second kappa shape index (κ2) is 27.0. The van der Waals surface area contributed by atoms with E-state index in [0.29, 0.717) is 66.9 Å². The van der Waals surface area contributed by atoms with Gasteiger partial charge >= 0.3 is 0 Å². The minimum Gasteiger partial charge on any atom is -0.346 e. The van der Waals surface area contributed by atoms with Crippen LogP contribution in [-0.4, -0.2) is 156 Å². The van der Waals surface area contributed by atoms with E-state index >= 15 is 0 Å². The number of nitrogens with one attached hydrogen (secondary N) is 8. The average molecular weight is 1130 g/mol. The number of carbonyl (C=O) groups excluding carboxylic acids is 5. The van der Waals surface area contributed by atoms with Crippen LogP contribution < -0.4 is 42.5 Å². The molecule has 8 N–H and O–H groups in total. The summed E-state index contributed by atoms with van der Waals surface area (Å²) in [6.45, 7) is 5.33. The molecule has 9 atom stereocenters. The Morgan fingerprint density at radius 3 is 1.51 bits per heavy atom. The van der Waals surface area contributed by atoms with Crippen molar-refractivity contribution in [1.29, 1.82) is 0 Å². The van der Waals surface area contributed by atoms with Crippen molar-refractivity contribution in [3.05, 3.63) is 167 Å². The van der Waals surface area contributed by atoms with E-state index in [-0.39, 0.29) is 66.7 Å². The van der Waals surface area contributed by atoms with Crippen LogP contribution in [0.25, 0.3) is 0 Å². The number of nitrogens with zero attached hydrogens (tertiary/aromatic N) is 4. The van der Waals surface area contributed by atoms with Gasteiger partial charge in [0, 0.05) is 62.1 Å². The molecule has 4 heterocycles. The molecule has 9 rings (SSSR count). The summed E-state index contributed by atoms with van der Waals surface area (Å²) < 4.78 is 0. The van der Waals surface area contributed by atoms with E-state index in [1.165, 1.54) is 11.1 Å². The van der Waals surface area contributed by atoms with Crippen LogP contribution in [0, 0.1) is 0 Å². The molecule has 0 aromatic heterocycles. The Kier molecular flexibility index (Phi) is 19.4. The van der Waals surface area contributed by atoms with Crippen LogP contribution in [0.2, 0.25) is 0 Å². The second-order valence-electron chi connectivity index (χ2n) is 21.6. The van der Waals surface area contributed by atoms with Crippen molar-refractivity contribution < 1.29 is 24.0 Å². The zero-order chi connectivity index (χ0) is 57.2. The van der Waals surface area contributed by atoms with E-state index in [4.69, 9.17) is 24.4 Å². The maximum Gasteiger partial charge on any atom is 0.247 e. The number of likely N-dealkylation sites (N-methyl/N-ethyl adjacent to an activating group) is 2. The van der Waals surface area contributed by atoms with E-state index in [2.05, 4.69) is 91.1 Å². The molecule has 19 heteroatoms. The number of thiocarbonyl (C=S) groups is 2. The standard InChI is InChI=1S/C62H76N12O5S2/c1-39(63-3)56(75)68-51-37-72(34-32-48-35-44(36-73(48)59(51)78)49-23-15-16-24-50(49)55(65-5)43-21-13-8-14-22-43)62(81)67-46-27-25-45(26-28-46)66-61(80)71-33-31-47-29-30-53(74(47)60(79)52(38-71)69-57(76)40(2)64-4)58(77)70-54(41-17-9-6-10-18-41)42-19-11-7-12-20-42/h6-28,39-40,44,47-48,51-55,63-65H,29-38H2,1-5H3,(H,66,80)(H,67,81)(H,68,75)(H,69,76)(H,70,77)/t39-,40-,44?,47+,48-,51-,52-,53-,55?/m0/s1. The minimum absolute atomic E-state index is 0.0234. The summed E-state index contributed by atoms with van der Waals surface area (Å²) in [6.07, 6.45) is 3.11. The molecule has 0 radical (unpaired) electrons. The molecule has 5 amide bonds. The average Bonchev–Trinajstić information content (AvgIpc) is 4.16. The highest BCUT2D eigenvalue weighted by molar-refractivity contribution is 7.80. The zero-order valence-corrected chi connectivity index (χ0v) is 48.4. The highest BCUT2D eigenvalue weighted by Gasteiger charge is 2.46. The summed E-state index contributed by atoms with van der Waals surface area (Å²) in [6, 6.07) is 41.5. The summed E-state index contributed by atoms with van der Waals surface area (Å²) in [5, 5.41) is 26.4. The number of benzene rings is 5. The molecule has 4 saturated heterocycles. The maximum atomic E-state index is 14.8. The van der Waals surface area contributed by atoms with Crippen molar-refractivity contribution >= 4 is 75.6 Å². The van der Waals surface area contributed by atoms with Crippen LogP contribution in [-0.2, 0) is 24.0 Å². The molecule has 17 nitrogen and oxygen atoms in total. The highest BCUT2D eigenvalue weighted by atomic mass is 32.1. The van der Waals surface area contributed by atoms with E-state index in [1.54, 1.807) is 32.8 Å². The van der Waals surface area contributed by atoms with Crippen molar-refractivity contribution in [3.8, 4) is 0 Å². The fraction of sp³-hybridized carbons (Fsp3) is 0.403. The molecule has 5 aromatic carbocycles. The SMILES string of the molecule is CNC(c1ccccc1)c1ccccc1C1C[C@@H]2CCN(C(=S)Nc3ccc(NC(=S)N4CC[C@H]5CC[C@@H](C(=O)NC(c6ccccc6)c6ccccc6)N5C(=O)[C@@H](NC(=O)[C@H](C)NC)C4)cc3)C[C@H](NC(=O)[C@H](C)NC)C(=O)N2C1. The monoisotopic (exact) mass is 1130 g/mol. The molecule has 4 aliphatic rings. The Hall–Kier alpha value is -7.29. The van der Waals surface area contributed by atoms with Crippen LogP contribution in [0.5, 0.6) is 0 Å². The van der Waals surface area contributed by atoms with Crippen molar-refractivity contribution in [2.45, 2.75) is 106 Å². The van der Waals surface area contributed by atoms with Gasteiger partial charge in [0.05, 0.1) is 24.2 Å². The van der Waals surface area contributed by atoms with E-state index < -0.39 is 36.3 Å². The van der Waals surface area contributed by atoms with Crippen LogP contribution in [0.4, 0.5) is 11.4 Å². The van der Waals surface area contributed by atoms with Crippen molar-refractivity contribution in [3.63, 3.8) is 0 Å². The number of rotatable bonds is 16. The normalized spacial score (nSPS) is 22.2. The van der Waals surface area contributed by atoms with Crippen molar-refractivity contribution in [2.75, 3.05) is 64.5 Å². The lowest BCUT2D eigenvalue weighted by Gasteiger charge is -2.40. The number of carbonyl (C=O) groups is 5. The van der Waals surface area contributed by atoms with Crippen LogP contribution in [0.3, 0.4) is 0 Å². The largest absolute Gasteiger partial charge is 0.346 e. The quantitative estimate of drug-likeness (QED) is 0.0567. The Bertz CT molecular complexity index is 2970. The molecule has 426 valence electrons. The summed E-state index contributed by atoms with van der Waals surface area (Å²) >= 11 is 12.1. The molecular weight excluding hydrogens is 1060 g/mol. The van der Waals surface area contributed by atoms with Crippen molar-refractivity contribution in [2.24, 2.45) is 0 Å². The van der Waals surface area contributed by atoms with Gasteiger partial charge in [0.2, 0.25) is 29.5 Å². The Morgan fingerprint density at radius 2 is 1.00 bits per heavy atom. The number of fused-ring (bicyclic) bond motifs is 2. The number of amides is 5. The number of hydrogen-bond donors (Lipinski definition) is 8. The second-order valence-corrected chi connectivity index (χ2v) is 22.4. The van der Waals surface area contributed by atoms with Crippen LogP contribution >= 0.6 is 24.4 Å². The lowest BCUT2D eigenvalue weighted by molar-refractivity contribution is -0.144. The molecular formula is C62H76N12O5S2. The van der Waals surface area contributed by atoms with Gasteiger partial charge in [-0.25, -0.2) is 0 Å². The molecule has 4 aliphatic heterocycles. The first-order valence-electron chi connectivity index (χ1n) is 28.3. The predicted molar refractivity (Wildman–Crippen MR) is 325 cm³/mol. The fourth-order valence-corrected chi connectivity index (χ4v) is 12.4. The summed E-state index contributed by atoms with van der Waals surface area (Å²) in [5.74, 6) is -1.23. The van der Waals surface area contributed by atoms with Crippen molar-refractivity contribution in [1.82, 2.24) is 51.5 Å². The predicted octanol–water partition coefficient (Wildman–Crippen LogP) is 5.64. The number of anilines is 2. The molecule has 2 unspecified atom stereocenters. The van der Waals surface area contributed by atoms with E-state index in [9.17, 15) is 24.0 Å². The van der Waals surface area contributed by atoms with Gasteiger partial charge in [-0.3, -0.25) is 24.0 Å². The third kappa shape index (κ3) is 13.7. The van der Waals surface area contributed by atoms with E-state index in [1.807, 2.05) is 113 Å². The summed E-state index contributed by atoms with van der Waals surface area (Å²) in [4.78, 5) is 78.5. The number of hydrogen-bond acceptors (Lipinski definition) is 10. The van der Waals surface area contributed by atoms with Crippen LogP contribution in [0.15, 0.2) is 140 Å². The highest BCUT2D eigenvalue weighted by Crippen LogP contribution is 2.39. The molecule has 5 aromatic rings. The fourth-order valence-electron chi connectivity index (χ4n) is 11.9. The van der Waals surface area contributed by atoms with Crippen LogP contribution in [0.1, 0.15) is 91.8 Å². The maximum absolute atomic E-state index is 14.8. The van der Waals surface area contributed by atoms with Gasteiger partial charge in [-0.15, -0.1) is 0 Å². The van der Waals surface area contributed by atoms with Gasteiger partial charge in [0.1, 0.15) is 18.1 Å². The first kappa shape index (κ1) is 58.4. The van der Waals surface area contributed by atoms with Gasteiger partial charge in [0.25, 0.3) is 0 Å². The van der Waals surface area contributed by atoms with Gasteiger partial charge in [-0.05, 0) is 144 Å². The van der Waals surface area contributed by atoms with Gasteiger partial charge < -0.3 is 62.1 Å². The Balaban J connectivity index is 0.865. The minimum atomic E-state index is -1.000. The van der Waals surface area contributed by atoms with Gasteiger partial charge in [-0.1, -0.05) is 115 Å². The smallest absolute Gasteiger partial charge is 0.247 e. The lowest BCUT2D eigenvalue weighted by atomic mass is 9.86. The van der Waals surface area contributed by atoms with E-state index in [0.717, 1.165) is 23.1 Å². The summed E-state index contributed by atoms with van der Waals surface area (Å²) in [5.41, 5.74) is 6.81. The first-order valence-corrected chi connectivity index (χ1v) is 29.1. The first-order chi connectivity index (χ1) is 39.2. The summed E-state index contributed by atoms with van der Waals surface area (Å²) in [7, 11) is 5.38. The third-order valence-corrected chi connectivity index (χ3v) is 17.3. The Labute approximate surface area is 486 Å². The van der Waals surface area contributed by atoms with Gasteiger partial charge in [-0.2, -0.15) is 0 Å². The molecule has 0 bridgehead atoms. The topological polar surface area (TPSA) is 195 Å². The Morgan fingerprint density at radius 1 is 0.531 bits per heavy atom. The zero-order valence-electron chi connectivity index (χ0n) is 46.8. The van der Waals surface area contributed by atoms with Gasteiger partial charge in [0.15, 0.2) is 10.2 Å². The molecule has 0 spiro atoms. The molecule has 0 saturated carbocycles. The third-order valence-electron chi connectivity index (χ3n) is 16.6. The lowest BCUT2D eigenvalue weighted by Crippen LogP contribution is -2.62. The molecule has 4 fully saturated rings. The molecule has 0 aliphatic carbocycles.